The van der Waals surface area contributed by atoms with Gasteiger partial charge in [0.1, 0.15) is 6.04 Å². The second kappa shape index (κ2) is 2.80. The molecule has 52 valence electrons. The Morgan fingerprint density at radius 1 is 1.89 bits per heavy atom. The Morgan fingerprint density at radius 3 is 3.11 bits per heavy atom. The minimum absolute atomic E-state index is 0.00694. The lowest BCUT2D eigenvalue weighted by Crippen LogP contribution is -2.37. The summed E-state index contributed by atoms with van der Waals surface area (Å²) in [5, 5.41) is 2.53. The molecule has 1 aliphatic rings. The van der Waals surface area contributed by atoms with E-state index in [1.807, 2.05) is 0 Å². The molecule has 2 N–H and O–H groups in total. The maximum atomic E-state index is 10.8. The molecule has 0 unspecified atom stereocenters. The first-order valence-corrected chi connectivity index (χ1v) is 2.93. The van der Waals surface area contributed by atoms with Crippen LogP contribution in [0.15, 0.2) is 0 Å². The van der Waals surface area contributed by atoms with E-state index in [1.54, 1.807) is 7.05 Å². The van der Waals surface area contributed by atoms with E-state index < -0.39 is 0 Å². The average Bonchev–Trinajstić information content (AvgIpc) is 2.37. The number of carbonyl (C=O) groups excluding carboxylic acids is 1. The highest BCUT2D eigenvalue weighted by Crippen LogP contribution is 1.99. The van der Waals surface area contributed by atoms with Gasteiger partial charge in [-0.3, -0.25) is 4.79 Å². The Bertz CT molecular complexity index is 110. The third-order valence-electron chi connectivity index (χ3n) is 1.30. The summed E-state index contributed by atoms with van der Waals surface area (Å²) in [6.07, 6.45) is 0.764. The van der Waals surface area contributed by atoms with E-state index in [1.165, 1.54) is 0 Å². The number of rotatable bonds is 1. The van der Waals surface area contributed by atoms with Gasteiger partial charge in [-0.2, -0.15) is 5.48 Å². The minimum atomic E-state index is -0.144. The first-order valence-electron chi connectivity index (χ1n) is 2.93. The Balaban J connectivity index is 2.32. The highest BCUT2D eigenvalue weighted by molar-refractivity contribution is 5.81. The summed E-state index contributed by atoms with van der Waals surface area (Å²) in [5.41, 5.74) is 2.60. The van der Waals surface area contributed by atoms with Crippen LogP contribution in [0.3, 0.4) is 0 Å². The van der Waals surface area contributed by atoms with Crippen molar-refractivity contribution in [3.63, 3.8) is 0 Å². The molecule has 1 rings (SSSR count). The van der Waals surface area contributed by atoms with Crippen molar-refractivity contribution in [2.45, 2.75) is 12.5 Å². The molecule has 0 bridgehead atoms. The van der Waals surface area contributed by atoms with E-state index in [-0.39, 0.29) is 11.9 Å². The van der Waals surface area contributed by atoms with Crippen molar-refractivity contribution in [1.82, 2.24) is 10.8 Å². The molecule has 0 aromatic carbocycles. The van der Waals surface area contributed by atoms with Crippen molar-refractivity contribution in [3.05, 3.63) is 0 Å². The van der Waals surface area contributed by atoms with Gasteiger partial charge in [0.15, 0.2) is 0 Å². The Labute approximate surface area is 53.5 Å². The molecule has 0 aromatic heterocycles. The largest absolute Gasteiger partial charge is 0.358 e. The predicted octanol–water partition coefficient (Wildman–Crippen LogP) is -0.974. The number of hydrogen-bond donors (Lipinski definition) is 2. The van der Waals surface area contributed by atoms with Gasteiger partial charge in [-0.15, -0.1) is 0 Å². The van der Waals surface area contributed by atoms with E-state index in [0.29, 0.717) is 6.61 Å². The Hall–Kier alpha value is -0.610. The molecule has 0 radical (unpaired) electrons. The maximum Gasteiger partial charge on any atom is 0.239 e. The average molecular weight is 130 g/mol. The van der Waals surface area contributed by atoms with Gasteiger partial charge in [0.2, 0.25) is 5.91 Å². The molecule has 0 spiro atoms. The van der Waals surface area contributed by atoms with Crippen molar-refractivity contribution in [3.8, 4) is 0 Å². The first kappa shape index (κ1) is 6.51. The number of amides is 1. The topological polar surface area (TPSA) is 50.4 Å². The van der Waals surface area contributed by atoms with E-state index in [0.717, 1.165) is 6.42 Å². The molecule has 0 aromatic rings. The quantitative estimate of drug-likeness (QED) is 0.480. The zero-order valence-corrected chi connectivity index (χ0v) is 5.31. The molecule has 4 heteroatoms. The predicted molar refractivity (Wildman–Crippen MR) is 31.6 cm³/mol. The van der Waals surface area contributed by atoms with Crippen LogP contribution in [0.1, 0.15) is 6.42 Å². The van der Waals surface area contributed by atoms with Crippen LogP contribution in [-0.4, -0.2) is 25.6 Å². The fraction of sp³-hybridized carbons (Fsp3) is 0.800. The highest BCUT2D eigenvalue weighted by atomic mass is 16.7. The van der Waals surface area contributed by atoms with E-state index in [2.05, 4.69) is 10.8 Å². The minimum Gasteiger partial charge on any atom is -0.358 e. The van der Waals surface area contributed by atoms with E-state index >= 15 is 0 Å². The van der Waals surface area contributed by atoms with Gasteiger partial charge in [0, 0.05) is 7.05 Å². The van der Waals surface area contributed by atoms with Crippen LogP contribution in [-0.2, 0) is 9.63 Å². The third-order valence-corrected chi connectivity index (χ3v) is 1.30. The number of carbonyl (C=O) groups is 1. The van der Waals surface area contributed by atoms with Crippen LogP contribution >= 0.6 is 0 Å². The standard InChI is InChI=1S/C5H10N2O2/c1-6-5(8)4-2-3-9-7-4/h4,7H,2-3H2,1H3,(H,6,8)/t4-/m1/s1. The molecule has 1 fully saturated rings. The fourth-order valence-corrected chi connectivity index (χ4v) is 0.754. The summed E-state index contributed by atoms with van der Waals surface area (Å²) in [5.74, 6) is -0.00694. The monoisotopic (exact) mass is 130 g/mol. The van der Waals surface area contributed by atoms with Crippen LogP contribution in [0.5, 0.6) is 0 Å². The van der Waals surface area contributed by atoms with E-state index in [9.17, 15) is 4.79 Å². The summed E-state index contributed by atoms with van der Waals surface area (Å²) < 4.78 is 0. The van der Waals surface area contributed by atoms with Crippen LogP contribution < -0.4 is 10.8 Å². The molecular formula is C5H10N2O2. The SMILES string of the molecule is CNC(=O)[C@H]1CCON1. The number of hydroxylamine groups is 1. The summed E-state index contributed by atoms with van der Waals surface area (Å²) in [4.78, 5) is 15.5. The normalized spacial score (nSPS) is 26.1. The number of hydrogen-bond acceptors (Lipinski definition) is 3. The van der Waals surface area contributed by atoms with Crippen molar-refractivity contribution in [2.24, 2.45) is 0 Å². The number of nitrogens with one attached hydrogen (secondary N) is 2. The molecule has 0 saturated carbocycles. The van der Waals surface area contributed by atoms with Crippen LogP contribution in [0.4, 0.5) is 0 Å². The van der Waals surface area contributed by atoms with Gasteiger partial charge in [-0.05, 0) is 6.42 Å². The smallest absolute Gasteiger partial charge is 0.239 e. The summed E-state index contributed by atoms with van der Waals surface area (Å²) in [7, 11) is 1.61. The van der Waals surface area contributed by atoms with Crippen LogP contribution in [0.25, 0.3) is 0 Å². The second-order valence-corrected chi connectivity index (χ2v) is 1.92. The lowest BCUT2D eigenvalue weighted by Gasteiger charge is -2.04. The van der Waals surface area contributed by atoms with Gasteiger partial charge in [0.05, 0.1) is 6.61 Å². The zero-order valence-electron chi connectivity index (χ0n) is 5.31. The maximum absolute atomic E-state index is 10.8. The third kappa shape index (κ3) is 1.40. The molecular weight excluding hydrogens is 120 g/mol. The van der Waals surface area contributed by atoms with Gasteiger partial charge in [0.25, 0.3) is 0 Å². The van der Waals surface area contributed by atoms with Crippen molar-refractivity contribution >= 4 is 5.91 Å². The molecule has 0 aliphatic carbocycles. The van der Waals surface area contributed by atoms with Crippen molar-refractivity contribution in [2.75, 3.05) is 13.7 Å². The molecule has 9 heavy (non-hydrogen) atoms. The van der Waals surface area contributed by atoms with Gasteiger partial charge < -0.3 is 10.2 Å². The molecule has 4 nitrogen and oxygen atoms in total. The van der Waals surface area contributed by atoms with Crippen LogP contribution in [0.2, 0.25) is 0 Å². The highest BCUT2D eigenvalue weighted by Gasteiger charge is 2.21. The Kier molecular flexibility index (Phi) is 2.02. The second-order valence-electron chi connectivity index (χ2n) is 1.92. The van der Waals surface area contributed by atoms with Crippen LogP contribution in [0, 0.1) is 0 Å². The molecule has 1 atom stereocenters. The van der Waals surface area contributed by atoms with Gasteiger partial charge in [-0.25, -0.2) is 0 Å². The number of likely N-dealkylation sites (N-methyl/N-ethyl adjacent to an activating group) is 1. The lowest BCUT2D eigenvalue weighted by molar-refractivity contribution is -0.123. The molecule has 1 heterocycles. The lowest BCUT2D eigenvalue weighted by atomic mass is 10.2. The van der Waals surface area contributed by atoms with Crippen molar-refractivity contribution < 1.29 is 9.63 Å². The summed E-state index contributed by atoms with van der Waals surface area (Å²) in [6, 6.07) is -0.144. The first-order chi connectivity index (χ1) is 4.34. The fourth-order valence-electron chi connectivity index (χ4n) is 0.754. The van der Waals surface area contributed by atoms with Gasteiger partial charge in [-0.1, -0.05) is 0 Å². The summed E-state index contributed by atoms with van der Waals surface area (Å²) >= 11 is 0. The van der Waals surface area contributed by atoms with Crippen molar-refractivity contribution in [1.29, 1.82) is 0 Å². The van der Waals surface area contributed by atoms with Gasteiger partial charge >= 0.3 is 0 Å². The molecule has 1 aliphatic heterocycles. The Morgan fingerprint density at radius 2 is 2.67 bits per heavy atom. The molecule has 1 saturated heterocycles. The zero-order chi connectivity index (χ0) is 6.69. The van der Waals surface area contributed by atoms with E-state index in [4.69, 9.17) is 4.84 Å². The summed E-state index contributed by atoms with van der Waals surface area (Å²) in [6.45, 7) is 0.623. The molecule has 1 amide bonds.